The topological polar surface area (TPSA) is 82.5 Å². The Kier molecular flexibility index (Phi) is 4.35. The number of hydrogen-bond donors (Lipinski definition) is 2. The first-order valence-corrected chi connectivity index (χ1v) is 7.47. The Morgan fingerprint density at radius 2 is 2.20 bits per heavy atom. The SMILES string of the molecule is Cc1nc(CN(C)C(=O)Nc2sccc2C(=O)O)cs1. The molecule has 0 bridgehead atoms. The molecule has 0 aliphatic rings. The van der Waals surface area contributed by atoms with E-state index in [0.717, 1.165) is 10.7 Å². The van der Waals surface area contributed by atoms with Crippen molar-refractivity contribution in [1.29, 1.82) is 0 Å². The number of carbonyl (C=O) groups excluding carboxylic acids is 1. The summed E-state index contributed by atoms with van der Waals surface area (Å²) in [5, 5.41) is 16.4. The van der Waals surface area contributed by atoms with Crippen molar-refractivity contribution in [3.8, 4) is 0 Å². The van der Waals surface area contributed by atoms with Gasteiger partial charge in [-0.25, -0.2) is 14.6 Å². The Labute approximate surface area is 123 Å². The maximum Gasteiger partial charge on any atom is 0.338 e. The van der Waals surface area contributed by atoms with E-state index in [1.165, 1.54) is 33.6 Å². The van der Waals surface area contributed by atoms with Gasteiger partial charge in [0, 0.05) is 12.4 Å². The number of thiophene rings is 1. The third kappa shape index (κ3) is 3.34. The lowest BCUT2D eigenvalue weighted by Crippen LogP contribution is -2.31. The van der Waals surface area contributed by atoms with Gasteiger partial charge in [-0.2, -0.15) is 0 Å². The van der Waals surface area contributed by atoms with E-state index < -0.39 is 5.97 Å². The van der Waals surface area contributed by atoms with E-state index in [0.29, 0.717) is 11.5 Å². The lowest BCUT2D eigenvalue weighted by molar-refractivity contribution is 0.0698. The Balaban J connectivity index is 2.00. The summed E-state index contributed by atoms with van der Waals surface area (Å²) in [7, 11) is 1.64. The van der Waals surface area contributed by atoms with Gasteiger partial charge >= 0.3 is 12.0 Å². The van der Waals surface area contributed by atoms with Gasteiger partial charge in [0.25, 0.3) is 0 Å². The Hall–Kier alpha value is -1.93. The van der Waals surface area contributed by atoms with Crippen molar-refractivity contribution < 1.29 is 14.7 Å². The van der Waals surface area contributed by atoms with Crippen molar-refractivity contribution in [2.75, 3.05) is 12.4 Å². The monoisotopic (exact) mass is 311 g/mol. The van der Waals surface area contributed by atoms with E-state index in [9.17, 15) is 9.59 Å². The number of aryl methyl sites for hydroxylation is 1. The number of thiazole rings is 1. The van der Waals surface area contributed by atoms with Crippen LogP contribution in [0.4, 0.5) is 9.80 Å². The minimum atomic E-state index is -1.06. The smallest absolute Gasteiger partial charge is 0.338 e. The molecule has 6 nitrogen and oxygen atoms in total. The average Bonchev–Trinajstić information content (AvgIpc) is 2.98. The minimum Gasteiger partial charge on any atom is -0.478 e. The molecule has 8 heteroatoms. The van der Waals surface area contributed by atoms with Crippen LogP contribution in [0.15, 0.2) is 16.8 Å². The van der Waals surface area contributed by atoms with Crippen LogP contribution in [0.2, 0.25) is 0 Å². The van der Waals surface area contributed by atoms with Crippen molar-refractivity contribution in [3.05, 3.63) is 33.1 Å². The van der Waals surface area contributed by atoms with E-state index in [1.54, 1.807) is 12.4 Å². The van der Waals surface area contributed by atoms with Crippen LogP contribution < -0.4 is 5.32 Å². The number of aromatic carboxylic acids is 1. The quantitative estimate of drug-likeness (QED) is 0.909. The third-order valence-corrected chi connectivity index (χ3v) is 4.18. The molecule has 20 heavy (non-hydrogen) atoms. The van der Waals surface area contributed by atoms with E-state index >= 15 is 0 Å². The first kappa shape index (κ1) is 14.5. The molecule has 2 amide bonds. The van der Waals surface area contributed by atoms with Crippen LogP contribution in [-0.4, -0.2) is 34.0 Å². The molecule has 106 valence electrons. The molecular formula is C12H13N3O3S2. The standard InChI is InChI=1S/C12H13N3O3S2/c1-7-13-8(6-20-7)5-15(2)12(18)14-10-9(11(16)17)3-4-19-10/h3-4,6H,5H2,1-2H3,(H,14,18)(H,16,17). The van der Waals surface area contributed by atoms with Crippen molar-refractivity contribution in [2.24, 2.45) is 0 Å². The highest BCUT2D eigenvalue weighted by atomic mass is 32.1. The summed E-state index contributed by atoms with van der Waals surface area (Å²) >= 11 is 2.71. The lowest BCUT2D eigenvalue weighted by atomic mass is 10.3. The number of urea groups is 1. The largest absolute Gasteiger partial charge is 0.478 e. The van der Waals surface area contributed by atoms with Gasteiger partial charge in [-0.3, -0.25) is 5.32 Å². The number of rotatable bonds is 4. The summed E-state index contributed by atoms with van der Waals surface area (Å²) in [6, 6.07) is 1.10. The van der Waals surface area contributed by atoms with Crippen LogP contribution >= 0.6 is 22.7 Å². The molecule has 2 aromatic rings. The maximum atomic E-state index is 12.0. The molecule has 2 heterocycles. The number of carbonyl (C=O) groups is 2. The molecule has 0 atom stereocenters. The maximum absolute atomic E-state index is 12.0. The van der Waals surface area contributed by atoms with E-state index in [4.69, 9.17) is 5.11 Å². The Morgan fingerprint density at radius 3 is 2.80 bits per heavy atom. The molecule has 0 spiro atoms. The number of anilines is 1. The highest BCUT2D eigenvalue weighted by molar-refractivity contribution is 7.14. The van der Waals surface area contributed by atoms with Crippen molar-refractivity contribution in [1.82, 2.24) is 9.88 Å². The second-order valence-corrected chi connectivity index (χ2v) is 6.09. The van der Waals surface area contributed by atoms with Gasteiger partial charge in [-0.15, -0.1) is 22.7 Å². The van der Waals surface area contributed by atoms with Crippen molar-refractivity contribution in [3.63, 3.8) is 0 Å². The number of aromatic nitrogens is 1. The fraction of sp³-hybridized carbons (Fsp3) is 0.250. The zero-order valence-corrected chi connectivity index (χ0v) is 12.5. The number of hydrogen-bond acceptors (Lipinski definition) is 5. The summed E-state index contributed by atoms with van der Waals surface area (Å²) < 4.78 is 0. The van der Waals surface area contributed by atoms with Crippen molar-refractivity contribution in [2.45, 2.75) is 13.5 Å². The molecule has 0 fully saturated rings. The van der Waals surface area contributed by atoms with Gasteiger partial charge in [0.05, 0.1) is 22.8 Å². The predicted octanol–water partition coefficient (Wildman–Crippen LogP) is 2.88. The number of amides is 2. The van der Waals surface area contributed by atoms with Crippen molar-refractivity contribution >= 4 is 39.7 Å². The normalized spacial score (nSPS) is 10.3. The number of carboxylic acid groups (broad SMARTS) is 1. The Bertz CT molecular complexity index is 635. The first-order chi connectivity index (χ1) is 9.47. The second kappa shape index (κ2) is 6.02. The molecule has 0 unspecified atom stereocenters. The molecule has 0 aromatic carbocycles. The predicted molar refractivity (Wildman–Crippen MR) is 78.6 cm³/mol. The van der Waals surface area contributed by atoms with Crippen LogP contribution in [0.5, 0.6) is 0 Å². The van der Waals surface area contributed by atoms with Crippen LogP contribution in [0.25, 0.3) is 0 Å². The second-order valence-electron chi connectivity index (χ2n) is 4.11. The zero-order valence-electron chi connectivity index (χ0n) is 10.9. The van der Waals surface area contributed by atoms with Gasteiger partial charge in [0.1, 0.15) is 5.00 Å². The summed E-state index contributed by atoms with van der Waals surface area (Å²) in [5.74, 6) is -1.06. The van der Waals surface area contributed by atoms with Crippen LogP contribution in [0, 0.1) is 6.92 Å². The van der Waals surface area contributed by atoms with Crippen LogP contribution in [-0.2, 0) is 6.54 Å². The molecule has 2 rings (SSSR count). The van der Waals surface area contributed by atoms with Gasteiger partial charge in [0.15, 0.2) is 0 Å². The molecular weight excluding hydrogens is 298 g/mol. The van der Waals surface area contributed by atoms with Crippen LogP contribution in [0.3, 0.4) is 0 Å². The van der Waals surface area contributed by atoms with Gasteiger partial charge in [-0.05, 0) is 18.4 Å². The number of carboxylic acids is 1. The molecule has 2 aromatic heterocycles. The van der Waals surface area contributed by atoms with E-state index in [2.05, 4.69) is 10.3 Å². The molecule has 2 N–H and O–H groups in total. The third-order valence-electron chi connectivity index (χ3n) is 2.53. The van der Waals surface area contributed by atoms with Crippen LogP contribution in [0.1, 0.15) is 21.1 Å². The molecule has 0 radical (unpaired) electrons. The van der Waals surface area contributed by atoms with Gasteiger partial charge < -0.3 is 10.0 Å². The first-order valence-electron chi connectivity index (χ1n) is 5.71. The minimum absolute atomic E-state index is 0.0984. The summed E-state index contributed by atoms with van der Waals surface area (Å²) in [5.41, 5.74) is 0.913. The number of nitrogens with zero attached hydrogens (tertiary/aromatic N) is 2. The summed E-state index contributed by atoms with van der Waals surface area (Å²) in [4.78, 5) is 28.7. The summed E-state index contributed by atoms with van der Waals surface area (Å²) in [6.45, 7) is 2.28. The number of nitrogens with one attached hydrogen (secondary N) is 1. The molecule has 0 aliphatic heterocycles. The fourth-order valence-electron chi connectivity index (χ4n) is 1.56. The fourth-order valence-corrected chi connectivity index (χ4v) is 2.94. The zero-order chi connectivity index (χ0) is 14.7. The van der Waals surface area contributed by atoms with Gasteiger partial charge in [0.2, 0.25) is 0 Å². The average molecular weight is 311 g/mol. The molecule has 0 saturated carbocycles. The van der Waals surface area contributed by atoms with E-state index in [-0.39, 0.29) is 11.6 Å². The Morgan fingerprint density at radius 1 is 1.45 bits per heavy atom. The van der Waals surface area contributed by atoms with E-state index in [1.807, 2.05) is 12.3 Å². The highest BCUT2D eigenvalue weighted by Gasteiger charge is 2.16. The van der Waals surface area contributed by atoms with Gasteiger partial charge in [-0.1, -0.05) is 0 Å². The lowest BCUT2D eigenvalue weighted by Gasteiger charge is -2.16. The highest BCUT2D eigenvalue weighted by Crippen LogP contribution is 2.23. The molecule has 0 aliphatic carbocycles. The molecule has 0 saturated heterocycles. The summed E-state index contributed by atoms with van der Waals surface area (Å²) in [6.07, 6.45) is 0.